The molecule has 0 spiro atoms. The summed E-state index contributed by atoms with van der Waals surface area (Å²) in [6.45, 7) is 1.72. The molecule has 3 rings (SSSR count). The fraction of sp³-hybridized carbons (Fsp3) is 0.316. The molecule has 0 aliphatic carbocycles. The van der Waals surface area contributed by atoms with Gasteiger partial charge < -0.3 is 10.1 Å². The smallest absolute Gasteiger partial charge is 0.221 e. The van der Waals surface area contributed by atoms with Gasteiger partial charge in [0.1, 0.15) is 5.75 Å². The summed E-state index contributed by atoms with van der Waals surface area (Å²) in [6.07, 6.45) is 2.07. The van der Waals surface area contributed by atoms with E-state index in [1.54, 1.807) is 23.5 Å². The zero-order chi connectivity index (χ0) is 19.8. The van der Waals surface area contributed by atoms with Crippen molar-refractivity contribution in [2.45, 2.75) is 25.8 Å². The summed E-state index contributed by atoms with van der Waals surface area (Å²) >= 11 is 12.7. The van der Waals surface area contributed by atoms with Crippen LogP contribution >= 0.6 is 35.2 Å². The number of hydrogen-bond donors (Lipinski definition) is 2. The first-order valence-corrected chi connectivity index (χ1v) is 10.6. The number of halogens is 1. The summed E-state index contributed by atoms with van der Waals surface area (Å²) in [5, 5.41) is 12.7. The molecule has 148 valence electrons. The highest BCUT2D eigenvalue weighted by Gasteiger charge is 2.11. The van der Waals surface area contributed by atoms with Crippen LogP contribution in [-0.2, 0) is 11.3 Å². The highest BCUT2D eigenvalue weighted by molar-refractivity contribution is 7.71. The van der Waals surface area contributed by atoms with Crippen molar-refractivity contribution in [2.75, 3.05) is 13.2 Å². The van der Waals surface area contributed by atoms with Gasteiger partial charge in [0, 0.05) is 24.5 Å². The van der Waals surface area contributed by atoms with E-state index in [9.17, 15) is 4.79 Å². The molecule has 0 atom stereocenters. The van der Waals surface area contributed by atoms with Crippen LogP contribution in [-0.4, -0.2) is 33.8 Å². The molecule has 0 unspecified atom stereocenters. The van der Waals surface area contributed by atoms with Gasteiger partial charge in [-0.2, -0.15) is 5.10 Å². The van der Waals surface area contributed by atoms with Crippen LogP contribution in [0.5, 0.6) is 5.75 Å². The Labute approximate surface area is 177 Å². The normalized spacial score (nSPS) is 10.8. The van der Waals surface area contributed by atoms with Gasteiger partial charge in [0.15, 0.2) is 10.6 Å². The molecule has 0 radical (unpaired) electrons. The lowest BCUT2D eigenvalue weighted by atomic mass is 10.3. The van der Waals surface area contributed by atoms with Gasteiger partial charge >= 0.3 is 0 Å². The number of nitrogens with one attached hydrogen (secondary N) is 2. The van der Waals surface area contributed by atoms with Gasteiger partial charge in [0.05, 0.1) is 11.5 Å². The monoisotopic (exact) mass is 436 g/mol. The van der Waals surface area contributed by atoms with Crippen molar-refractivity contribution >= 4 is 41.1 Å². The summed E-state index contributed by atoms with van der Waals surface area (Å²) in [5.41, 5.74) is 0. The Balaban J connectivity index is 1.34. The van der Waals surface area contributed by atoms with Crippen molar-refractivity contribution in [3.8, 4) is 16.5 Å². The molecule has 2 aromatic heterocycles. The van der Waals surface area contributed by atoms with E-state index in [4.69, 9.17) is 28.6 Å². The number of aromatic amines is 1. The standard InChI is InChI=1S/C19H21ClN4O2S2/c20-14-5-7-15(8-6-14)26-12-2-1-10-21-17(25)9-11-24-18(22-23-19(24)27)16-4-3-13-28-16/h3-8,13H,1-2,9-12H2,(H,21,25)(H,23,27). The molecule has 1 aromatic carbocycles. The minimum absolute atomic E-state index is 0.00107. The highest BCUT2D eigenvalue weighted by Crippen LogP contribution is 2.22. The van der Waals surface area contributed by atoms with Crippen molar-refractivity contribution < 1.29 is 9.53 Å². The predicted molar refractivity (Wildman–Crippen MR) is 115 cm³/mol. The number of unbranched alkanes of at least 4 members (excludes halogenated alkanes) is 1. The van der Waals surface area contributed by atoms with Crippen LogP contribution in [0.15, 0.2) is 41.8 Å². The van der Waals surface area contributed by atoms with Crippen molar-refractivity contribution in [1.29, 1.82) is 0 Å². The lowest BCUT2D eigenvalue weighted by Crippen LogP contribution is -2.25. The summed E-state index contributed by atoms with van der Waals surface area (Å²) in [5.74, 6) is 1.57. The van der Waals surface area contributed by atoms with Gasteiger partial charge in [-0.1, -0.05) is 17.7 Å². The maximum absolute atomic E-state index is 12.1. The molecular formula is C19H21ClN4O2S2. The summed E-state index contributed by atoms with van der Waals surface area (Å²) < 4.78 is 8.02. The summed E-state index contributed by atoms with van der Waals surface area (Å²) in [6, 6.07) is 11.2. The Hall–Kier alpha value is -2.16. The molecule has 0 saturated carbocycles. The second-order valence-electron chi connectivity index (χ2n) is 6.09. The Bertz CT molecular complexity index is 936. The molecule has 1 amide bonds. The fourth-order valence-corrected chi connectivity index (χ4v) is 3.67. The van der Waals surface area contributed by atoms with Crippen LogP contribution in [0.3, 0.4) is 0 Å². The molecule has 6 nitrogen and oxygen atoms in total. The molecule has 0 bridgehead atoms. The number of benzene rings is 1. The number of amides is 1. The zero-order valence-electron chi connectivity index (χ0n) is 15.2. The average Bonchev–Trinajstić information content (AvgIpc) is 3.34. The predicted octanol–water partition coefficient (Wildman–Crippen LogP) is 4.69. The number of carbonyl (C=O) groups is 1. The minimum Gasteiger partial charge on any atom is -0.494 e. The van der Waals surface area contributed by atoms with Gasteiger partial charge in [-0.15, -0.1) is 11.3 Å². The minimum atomic E-state index is -0.00107. The SMILES string of the molecule is O=C(CCn1c(-c2cccs2)n[nH]c1=S)NCCCCOc1ccc(Cl)cc1. The van der Waals surface area contributed by atoms with Gasteiger partial charge in [-0.05, 0) is 60.8 Å². The lowest BCUT2D eigenvalue weighted by molar-refractivity contribution is -0.121. The van der Waals surface area contributed by atoms with Crippen molar-refractivity contribution in [1.82, 2.24) is 20.1 Å². The number of rotatable bonds is 10. The zero-order valence-corrected chi connectivity index (χ0v) is 17.6. The Kier molecular flexibility index (Phi) is 7.64. The first-order chi connectivity index (χ1) is 13.6. The molecule has 0 saturated heterocycles. The van der Waals surface area contributed by atoms with E-state index >= 15 is 0 Å². The second kappa shape index (κ2) is 10.4. The number of carbonyl (C=O) groups excluding carboxylic acids is 1. The van der Waals surface area contributed by atoms with E-state index in [1.165, 1.54) is 0 Å². The maximum atomic E-state index is 12.1. The van der Waals surface area contributed by atoms with Crippen LogP contribution < -0.4 is 10.1 Å². The van der Waals surface area contributed by atoms with Crippen molar-refractivity contribution in [2.24, 2.45) is 0 Å². The van der Waals surface area contributed by atoms with E-state index in [2.05, 4.69) is 15.5 Å². The van der Waals surface area contributed by atoms with Gasteiger partial charge in [-0.3, -0.25) is 14.5 Å². The van der Waals surface area contributed by atoms with Crippen LogP contribution in [0.2, 0.25) is 5.02 Å². The van der Waals surface area contributed by atoms with E-state index in [0.717, 1.165) is 29.3 Å². The first-order valence-electron chi connectivity index (χ1n) is 8.97. The second-order valence-corrected chi connectivity index (χ2v) is 7.86. The number of ether oxygens (including phenoxy) is 1. The molecule has 0 aliphatic rings. The number of nitrogens with zero attached hydrogens (tertiary/aromatic N) is 2. The molecule has 28 heavy (non-hydrogen) atoms. The summed E-state index contributed by atoms with van der Waals surface area (Å²) in [4.78, 5) is 13.1. The number of H-pyrrole nitrogens is 1. The van der Waals surface area contributed by atoms with E-state index < -0.39 is 0 Å². The third-order valence-electron chi connectivity index (χ3n) is 4.04. The van der Waals surface area contributed by atoms with Crippen molar-refractivity contribution in [3.63, 3.8) is 0 Å². The maximum Gasteiger partial charge on any atom is 0.221 e. The molecule has 0 fully saturated rings. The van der Waals surface area contributed by atoms with E-state index in [-0.39, 0.29) is 5.91 Å². The number of hydrogen-bond acceptors (Lipinski definition) is 5. The third-order valence-corrected chi connectivity index (χ3v) is 5.47. The number of aromatic nitrogens is 3. The first kappa shape index (κ1) is 20.6. The largest absolute Gasteiger partial charge is 0.494 e. The quantitative estimate of drug-likeness (QED) is 0.357. The van der Waals surface area contributed by atoms with Crippen LogP contribution in [0.1, 0.15) is 19.3 Å². The number of thiophene rings is 1. The van der Waals surface area contributed by atoms with Crippen molar-refractivity contribution in [3.05, 3.63) is 51.6 Å². The molecular weight excluding hydrogens is 416 g/mol. The Morgan fingerprint density at radius 3 is 2.86 bits per heavy atom. The highest BCUT2D eigenvalue weighted by atomic mass is 35.5. The Morgan fingerprint density at radius 1 is 1.29 bits per heavy atom. The van der Waals surface area contributed by atoms with E-state index in [1.807, 2.05) is 34.2 Å². The topological polar surface area (TPSA) is 71.9 Å². The van der Waals surface area contributed by atoms with Crippen LogP contribution in [0.25, 0.3) is 10.7 Å². The molecule has 2 heterocycles. The van der Waals surface area contributed by atoms with E-state index in [0.29, 0.717) is 35.9 Å². The van der Waals surface area contributed by atoms with Gasteiger partial charge in [0.25, 0.3) is 0 Å². The Morgan fingerprint density at radius 2 is 2.11 bits per heavy atom. The van der Waals surface area contributed by atoms with Gasteiger partial charge in [0.2, 0.25) is 5.91 Å². The average molecular weight is 437 g/mol. The third kappa shape index (κ3) is 5.92. The lowest BCUT2D eigenvalue weighted by Gasteiger charge is -2.08. The molecule has 9 heteroatoms. The molecule has 3 aromatic rings. The fourth-order valence-electron chi connectivity index (χ4n) is 2.60. The summed E-state index contributed by atoms with van der Waals surface area (Å²) in [7, 11) is 0. The molecule has 0 aliphatic heterocycles. The van der Waals surface area contributed by atoms with Crippen LogP contribution in [0, 0.1) is 4.77 Å². The van der Waals surface area contributed by atoms with Crippen LogP contribution in [0.4, 0.5) is 0 Å². The molecule has 2 N–H and O–H groups in total. The van der Waals surface area contributed by atoms with Gasteiger partial charge in [-0.25, -0.2) is 0 Å².